The van der Waals surface area contributed by atoms with Gasteiger partial charge in [0.1, 0.15) is 24.4 Å². The highest BCUT2D eigenvalue weighted by molar-refractivity contribution is 5.73. The van der Waals surface area contributed by atoms with Crippen LogP contribution in [-0.4, -0.2) is 63.1 Å². The van der Waals surface area contributed by atoms with Crippen molar-refractivity contribution in [2.45, 2.75) is 43.5 Å². The van der Waals surface area contributed by atoms with Crippen LogP contribution in [0.3, 0.4) is 0 Å². The Morgan fingerprint density at radius 3 is 2.45 bits per heavy atom. The normalized spacial score (nSPS) is 35.1. The Balaban J connectivity index is 2.31. The van der Waals surface area contributed by atoms with E-state index < -0.39 is 42.7 Å². The third-order valence-electron chi connectivity index (χ3n) is 3.75. The Labute approximate surface area is 128 Å². The maximum absolute atomic E-state index is 11.3. The number of aliphatic hydroxyl groups excluding tert-OH is 3. The molecule has 5 N–H and O–H groups in total. The van der Waals surface area contributed by atoms with Crippen LogP contribution in [0.15, 0.2) is 30.3 Å². The van der Waals surface area contributed by atoms with Crippen molar-refractivity contribution in [3.05, 3.63) is 35.9 Å². The lowest BCUT2D eigenvalue weighted by atomic mass is 9.86. The van der Waals surface area contributed by atoms with E-state index in [9.17, 15) is 25.2 Å². The van der Waals surface area contributed by atoms with Crippen molar-refractivity contribution in [3.63, 3.8) is 0 Å². The zero-order chi connectivity index (χ0) is 16.3. The zero-order valence-corrected chi connectivity index (χ0v) is 12.2. The molecule has 1 fully saturated rings. The monoisotopic (exact) mass is 311 g/mol. The molecule has 0 bridgehead atoms. The molecule has 1 amide bonds. The van der Waals surface area contributed by atoms with Crippen LogP contribution < -0.4 is 5.32 Å². The van der Waals surface area contributed by atoms with Gasteiger partial charge in [-0.3, -0.25) is 4.79 Å². The summed E-state index contributed by atoms with van der Waals surface area (Å²) in [5, 5.41) is 42.6. The fraction of sp³-hybridized carbons (Fsp3) is 0.533. The van der Waals surface area contributed by atoms with E-state index in [1.54, 1.807) is 24.3 Å². The van der Waals surface area contributed by atoms with Gasteiger partial charge in [-0.05, 0) is 5.56 Å². The first-order chi connectivity index (χ1) is 10.4. The molecule has 0 spiro atoms. The fourth-order valence-electron chi connectivity index (χ4n) is 2.69. The lowest BCUT2D eigenvalue weighted by Crippen LogP contribution is -2.70. The highest BCUT2D eigenvalue weighted by Crippen LogP contribution is 2.31. The molecular weight excluding hydrogens is 290 g/mol. The molecule has 1 heterocycles. The highest BCUT2D eigenvalue weighted by Gasteiger charge is 2.53. The molecule has 0 aliphatic carbocycles. The van der Waals surface area contributed by atoms with Gasteiger partial charge in [-0.1, -0.05) is 30.3 Å². The SMILES string of the molecule is CC(=O)N[C@@H]1[C@@H](O)[C@H](O)[C@@H](CO)OC1(O)Cc1ccccc1. The molecule has 1 aliphatic heterocycles. The number of aliphatic hydroxyl groups is 4. The van der Waals surface area contributed by atoms with Crippen LogP contribution >= 0.6 is 0 Å². The Bertz CT molecular complexity index is 510. The summed E-state index contributed by atoms with van der Waals surface area (Å²) in [6.07, 6.45) is -4.05. The van der Waals surface area contributed by atoms with Gasteiger partial charge in [0.2, 0.25) is 5.91 Å². The predicted molar refractivity (Wildman–Crippen MR) is 76.7 cm³/mol. The summed E-state index contributed by atoms with van der Waals surface area (Å²) in [7, 11) is 0. The quantitative estimate of drug-likeness (QED) is 0.463. The third-order valence-corrected chi connectivity index (χ3v) is 3.75. The summed E-state index contributed by atoms with van der Waals surface area (Å²) in [5.41, 5.74) is 0.723. The number of hydrogen-bond donors (Lipinski definition) is 5. The smallest absolute Gasteiger partial charge is 0.217 e. The summed E-state index contributed by atoms with van der Waals surface area (Å²) < 4.78 is 5.40. The number of rotatable bonds is 4. The minimum atomic E-state index is -1.95. The van der Waals surface area contributed by atoms with Crippen LogP contribution in [-0.2, 0) is 16.0 Å². The molecule has 7 heteroatoms. The van der Waals surface area contributed by atoms with E-state index in [-0.39, 0.29) is 6.42 Å². The van der Waals surface area contributed by atoms with Gasteiger partial charge in [0, 0.05) is 13.3 Å². The topological polar surface area (TPSA) is 119 Å². The maximum atomic E-state index is 11.3. The second-order valence-electron chi connectivity index (χ2n) is 5.51. The Kier molecular flexibility index (Phi) is 5.15. The lowest BCUT2D eigenvalue weighted by Gasteiger charge is -2.47. The number of nitrogens with one attached hydrogen (secondary N) is 1. The molecule has 1 saturated heterocycles. The van der Waals surface area contributed by atoms with E-state index in [1.165, 1.54) is 6.92 Å². The molecule has 1 unspecified atom stereocenters. The van der Waals surface area contributed by atoms with E-state index in [4.69, 9.17) is 4.74 Å². The minimum Gasteiger partial charge on any atom is -0.394 e. The molecule has 1 aromatic carbocycles. The largest absolute Gasteiger partial charge is 0.394 e. The van der Waals surface area contributed by atoms with Crippen molar-refractivity contribution in [2.24, 2.45) is 0 Å². The van der Waals surface area contributed by atoms with E-state index in [0.29, 0.717) is 0 Å². The molecule has 122 valence electrons. The number of amides is 1. The lowest BCUT2D eigenvalue weighted by molar-refractivity contribution is -0.317. The zero-order valence-electron chi connectivity index (χ0n) is 12.2. The summed E-state index contributed by atoms with van der Waals surface area (Å²) in [6.45, 7) is 0.669. The summed E-state index contributed by atoms with van der Waals surface area (Å²) in [6, 6.07) is 7.68. The van der Waals surface area contributed by atoms with Crippen molar-refractivity contribution >= 4 is 5.91 Å². The molecule has 1 aromatic rings. The van der Waals surface area contributed by atoms with Crippen molar-refractivity contribution in [1.82, 2.24) is 5.32 Å². The van der Waals surface area contributed by atoms with E-state index in [2.05, 4.69) is 5.32 Å². The molecule has 22 heavy (non-hydrogen) atoms. The Morgan fingerprint density at radius 2 is 1.91 bits per heavy atom. The van der Waals surface area contributed by atoms with Crippen LogP contribution in [0.1, 0.15) is 12.5 Å². The van der Waals surface area contributed by atoms with Crippen molar-refractivity contribution < 1.29 is 30.0 Å². The van der Waals surface area contributed by atoms with E-state index in [0.717, 1.165) is 5.56 Å². The molecule has 0 radical (unpaired) electrons. The first kappa shape index (κ1) is 16.9. The third kappa shape index (κ3) is 3.45. The Hall–Kier alpha value is -1.51. The van der Waals surface area contributed by atoms with Crippen LogP contribution in [0.4, 0.5) is 0 Å². The molecule has 1 aliphatic rings. The van der Waals surface area contributed by atoms with Crippen LogP contribution in [0.25, 0.3) is 0 Å². The first-order valence-corrected chi connectivity index (χ1v) is 7.05. The number of carbonyl (C=O) groups excluding carboxylic acids is 1. The van der Waals surface area contributed by atoms with Gasteiger partial charge in [-0.2, -0.15) is 0 Å². The predicted octanol–water partition coefficient (Wildman–Crippen LogP) is -1.46. The summed E-state index contributed by atoms with van der Waals surface area (Å²) in [4.78, 5) is 11.3. The second kappa shape index (κ2) is 6.72. The van der Waals surface area contributed by atoms with Gasteiger partial charge in [-0.15, -0.1) is 0 Å². The van der Waals surface area contributed by atoms with Crippen LogP contribution in [0.5, 0.6) is 0 Å². The number of benzene rings is 1. The second-order valence-corrected chi connectivity index (χ2v) is 5.51. The molecule has 5 atom stereocenters. The van der Waals surface area contributed by atoms with Gasteiger partial charge in [-0.25, -0.2) is 0 Å². The van der Waals surface area contributed by atoms with Crippen molar-refractivity contribution in [1.29, 1.82) is 0 Å². The van der Waals surface area contributed by atoms with Gasteiger partial charge < -0.3 is 30.5 Å². The van der Waals surface area contributed by atoms with Crippen molar-refractivity contribution in [3.8, 4) is 0 Å². The van der Waals surface area contributed by atoms with Gasteiger partial charge >= 0.3 is 0 Å². The number of hydrogen-bond acceptors (Lipinski definition) is 6. The summed E-state index contributed by atoms with van der Waals surface area (Å²) >= 11 is 0. The fourth-order valence-corrected chi connectivity index (χ4v) is 2.69. The van der Waals surface area contributed by atoms with Crippen LogP contribution in [0.2, 0.25) is 0 Å². The van der Waals surface area contributed by atoms with Gasteiger partial charge in [0.25, 0.3) is 0 Å². The Morgan fingerprint density at radius 1 is 1.27 bits per heavy atom. The first-order valence-electron chi connectivity index (χ1n) is 7.05. The molecule has 0 aromatic heterocycles. The summed E-state index contributed by atoms with van der Waals surface area (Å²) in [5.74, 6) is -2.42. The molecule has 0 saturated carbocycles. The van der Waals surface area contributed by atoms with Crippen LogP contribution in [0, 0.1) is 0 Å². The van der Waals surface area contributed by atoms with Gasteiger partial charge in [0.15, 0.2) is 5.79 Å². The number of ether oxygens (including phenoxy) is 1. The van der Waals surface area contributed by atoms with Crippen molar-refractivity contribution in [2.75, 3.05) is 6.61 Å². The maximum Gasteiger partial charge on any atom is 0.217 e. The highest BCUT2D eigenvalue weighted by atomic mass is 16.6. The molecular formula is C15H21NO6. The molecule has 2 rings (SSSR count). The average molecular weight is 311 g/mol. The van der Waals surface area contributed by atoms with E-state index in [1.807, 2.05) is 6.07 Å². The standard InChI is InChI=1S/C15H21NO6/c1-9(18)16-14-13(20)12(19)11(8-17)22-15(14,21)7-10-5-3-2-4-6-10/h2-6,11-14,17,19-21H,7-8H2,1H3,(H,16,18)/t11-,12-,13+,14-,15?/m1/s1. The molecule has 7 nitrogen and oxygen atoms in total. The van der Waals surface area contributed by atoms with E-state index >= 15 is 0 Å². The van der Waals surface area contributed by atoms with Gasteiger partial charge in [0.05, 0.1) is 6.61 Å². The average Bonchev–Trinajstić information content (AvgIpc) is 2.48. The number of carbonyl (C=O) groups is 1. The minimum absolute atomic E-state index is 0.0148.